The number of aryl methyl sites for hydroxylation is 1. The lowest BCUT2D eigenvalue weighted by Crippen LogP contribution is -2.44. The van der Waals surface area contributed by atoms with Crippen molar-refractivity contribution in [2.45, 2.75) is 25.8 Å². The Morgan fingerprint density at radius 2 is 1.86 bits per heavy atom. The van der Waals surface area contributed by atoms with Gasteiger partial charge in [0.15, 0.2) is 5.75 Å². The van der Waals surface area contributed by atoms with Crippen LogP contribution in [0.1, 0.15) is 28.1 Å². The Hall–Kier alpha value is -2.50. The molecular formula is C23H21ClN2O2S. The molecule has 1 aliphatic heterocycles. The first kappa shape index (κ1) is 18.5. The summed E-state index contributed by atoms with van der Waals surface area (Å²) in [4.78, 5) is 18.4. The van der Waals surface area contributed by atoms with Gasteiger partial charge in [0, 0.05) is 24.2 Å². The van der Waals surface area contributed by atoms with Crippen LogP contribution >= 0.6 is 22.9 Å². The summed E-state index contributed by atoms with van der Waals surface area (Å²) in [5.74, 6) is 1.23. The summed E-state index contributed by atoms with van der Waals surface area (Å²) in [6.45, 7) is 3.51. The summed E-state index contributed by atoms with van der Waals surface area (Å²) in [6, 6.07) is 16.2. The van der Waals surface area contributed by atoms with E-state index in [2.05, 4.69) is 11.0 Å². The Bertz CT molecular complexity index is 1080. The van der Waals surface area contributed by atoms with Crippen LogP contribution in [0.15, 0.2) is 53.9 Å². The Morgan fingerprint density at radius 1 is 1.07 bits per heavy atom. The van der Waals surface area contributed by atoms with E-state index in [0.717, 1.165) is 23.5 Å². The molecule has 2 heterocycles. The molecule has 6 heteroatoms. The minimum Gasteiger partial charge on any atom is -0.455 e. The maximum absolute atomic E-state index is 13.5. The van der Waals surface area contributed by atoms with Crippen LogP contribution in [0.25, 0.3) is 0 Å². The predicted molar refractivity (Wildman–Crippen MR) is 119 cm³/mol. The third-order valence-electron chi connectivity index (χ3n) is 5.47. The average molecular weight is 425 g/mol. The monoisotopic (exact) mass is 424 g/mol. The number of nitrogens with zero attached hydrogens (tertiary/aromatic N) is 2. The highest BCUT2D eigenvalue weighted by Gasteiger charge is 2.36. The SMILES string of the molecule is Cc1ccc(Cl)cc1Oc1ccsc1C(=O)N1CCN(C2CC2)c2ccccc21. The summed E-state index contributed by atoms with van der Waals surface area (Å²) in [5.41, 5.74) is 3.11. The van der Waals surface area contributed by atoms with E-state index >= 15 is 0 Å². The molecule has 1 aliphatic carbocycles. The first-order chi connectivity index (χ1) is 14.1. The number of thiophene rings is 1. The van der Waals surface area contributed by atoms with Gasteiger partial charge in [0.25, 0.3) is 5.91 Å². The van der Waals surface area contributed by atoms with E-state index in [1.54, 1.807) is 6.07 Å². The standard InChI is InChI=1S/C23H21ClN2O2S/c1-15-6-7-16(24)14-21(15)28-20-10-13-29-22(20)23(27)26-12-11-25(17-8-9-17)18-4-2-3-5-19(18)26/h2-7,10,13-14,17H,8-9,11-12H2,1H3. The van der Waals surface area contributed by atoms with Gasteiger partial charge in [0.1, 0.15) is 10.6 Å². The zero-order chi connectivity index (χ0) is 20.0. The number of para-hydroxylation sites is 2. The molecule has 0 saturated heterocycles. The van der Waals surface area contributed by atoms with Crippen molar-refractivity contribution in [1.29, 1.82) is 0 Å². The van der Waals surface area contributed by atoms with Crippen molar-refractivity contribution in [2.75, 3.05) is 22.9 Å². The van der Waals surface area contributed by atoms with Crippen molar-refractivity contribution < 1.29 is 9.53 Å². The summed E-state index contributed by atoms with van der Waals surface area (Å²) in [7, 11) is 0. The summed E-state index contributed by atoms with van der Waals surface area (Å²) in [5, 5.41) is 2.51. The second-order valence-electron chi connectivity index (χ2n) is 7.50. The fourth-order valence-electron chi connectivity index (χ4n) is 3.82. The molecule has 2 aromatic carbocycles. The lowest BCUT2D eigenvalue weighted by Gasteiger charge is -2.37. The fraction of sp³-hybridized carbons (Fsp3) is 0.261. The van der Waals surface area contributed by atoms with Crippen LogP contribution in [-0.4, -0.2) is 25.0 Å². The van der Waals surface area contributed by atoms with Crippen LogP contribution in [-0.2, 0) is 0 Å². The average Bonchev–Trinajstić information content (AvgIpc) is 3.48. The molecule has 2 aliphatic rings. The first-order valence-corrected chi connectivity index (χ1v) is 11.1. The molecule has 0 atom stereocenters. The van der Waals surface area contributed by atoms with E-state index in [1.807, 2.05) is 53.6 Å². The summed E-state index contributed by atoms with van der Waals surface area (Å²) in [6.07, 6.45) is 2.48. The highest BCUT2D eigenvalue weighted by Crippen LogP contribution is 2.41. The Balaban J connectivity index is 1.45. The van der Waals surface area contributed by atoms with E-state index in [9.17, 15) is 4.79 Å². The van der Waals surface area contributed by atoms with Crippen molar-refractivity contribution in [3.05, 3.63) is 69.4 Å². The molecular weight excluding hydrogens is 404 g/mol. The molecule has 148 valence electrons. The molecule has 1 aromatic heterocycles. The van der Waals surface area contributed by atoms with Crippen molar-refractivity contribution in [3.8, 4) is 11.5 Å². The van der Waals surface area contributed by atoms with Crippen LogP contribution in [0.2, 0.25) is 5.02 Å². The van der Waals surface area contributed by atoms with E-state index in [0.29, 0.717) is 34.0 Å². The molecule has 0 unspecified atom stereocenters. The summed E-state index contributed by atoms with van der Waals surface area (Å²) >= 11 is 7.54. The third kappa shape index (κ3) is 3.49. The van der Waals surface area contributed by atoms with Gasteiger partial charge in [0.05, 0.1) is 11.4 Å². The minimum atomic E-state index is -0.0161. The lowest BCUT2D eigenvalue weighted by molar-refractivity contribution is 0.0988. The van der Waals surface area contributed by atoms with Crippen molar-refractivity contribution in [3.63, 3.8) is 0 Å². The normalized spacial score (nSPS) is 15.9. The van der Waals surface area contributed by atoms with Gasteiger partial charge in [-0.05, 0) is 61.0 Å². The molecule has 0 bridgehead atoms. The first-order valence-electron chi connectivity index (χ1n) is 9.81. The number of amides is 1. The smallest absolute Gasteiger partial charge is 0.272 e. The molecule has 1 saturated carbocycles. The van der Waals surface area contributed by atoms with E-state index in [1.165, 1.54) is 24.2 Å². The van der Waals surface area contributed by atoms with Crippen LogP contribution < -0.4 is 14.5 Å². The van der Waals surface area contributed by atoms with Crippen LogP contribution in [0.4, 0.5) is 11.4 Å². The maximum atomic E-state index is 13.5. The van der Waals surface area contributed by atoms with Gasteiger partial charge < -0.3 is 14.5 Å². The number of benzene rings is 2. The predicted octanol–water partition coefficient (Wildman–Crippen LogP) is 6.13. The highest BCUT2D eigenvalue weighted by atomic mass is 35.5. The Labute approximate surface area is 179 Å². The second kappa shape index (κ2) is 7.39. The number of ether oxygens (including phenoxy) is 1. The van der Waals surface area contributed by atoms with Crippen molar-refractivity contribution in [2.24, 2.45) is 0 Å². The molecule has 5 rings (SSSR count). The lowest BCUT2D eigenvalue weighted by atomic mass is 10.1. The number of carbonyl (C=O) groups is 1. The van der Waals surface area contributed by atoms with Crippen LogP contribution in [0, 0.1) is 6.92 Å². The zero-order valence-electron chi connectivity index (χ0n) is 16.1. The zero-order valence-corrected chi connectivity index (χ0v) is 17.7. The number of fused-ring (bicyclic) bond motifs is 1. The van der Waals surface area contributed by atoms with Gasteiger partial charge >= 0.3 is 0 Å². The molecule has 0 spiro atoms. The molecule has 4 nitrogen and oxygen atoms in total. The molecule has 1 fully saturated rings. The van der Waals surface area contributed by atoms with E-state index in [4.69, 9.17) is 16.3 Å². The van der Waals surface area contributed by atoms with E-state index in [-0.39, 0.29) is 5.91 Å². The largest absolute Gasteiger partial charge is 0.455 e. The van der Waals surface area contributed by atoms with Crippen LogP contribution in [0.5, 0.6) is 11.5 Å². The minimum absolute atomic E-state index is 0.0161. The molecule has 29 heavy (non-hydrogen) atoms. The topological polar surface area (TPSA) is 32.8 Å². The molecule has 3 aromatic rings. The second-order valence-corrected chi connectivity index (χ2v) is 8.85. The fourth-order valence-corrected chi connectivity index (χ4v) is 4.75. The number of hydrogen-bond acceptors (Lipinski definition) is 4. The van der Waals surface area contributed by atoms with Gasteiger partial charge in [-0.15, -0.1) is 11.3 Å². The van der Waals surface area contributed by atoms with Gasteiger partial charge in [0.2, 0.25) is 0 Å². The number of carbonyl (C=O) groups excluding carboxylic acids is 1. The molecule has 0 N–H and O–H groups in total. The van der Waals surface area contributed by atoms with Gasteiger partial charge in [-0.2, -0.15) is 0 Å². The Morgan fingerprint density at radius 3 is 2.66 bits per heavy atom. The number of anilines is 2. The summed E-state index contributed by atoms with van der Waals surface area (Å²) < 4.78 is 6.10. The van der Waals surface area contributed by atoms with Crippen molar-refractivity contribution >= 4 is 40.2 Å². The van der Waals surface area contributed by atoms with E-state index < -0.39 is 0 Å². The quantitative estimate of drug-likeness (QED) is 0.505. The Kier molecular flexibility index (Phi) is 4.72. The molecule has 0 radical (unpaired) electrons. The van der Waals surface area contributed by atoms with Crippen molar-refractivity contribution in [1.82, 2.24) is 0 Å². The van der Waals surface area contributed by atoms with Gasteiger partial charge in [-0.1, -0.05) is 29.8 Å². The number of rotatable bonds is 4. The van der Waals surface area contributed by atoms with Gasteiger partial charge in [-0.3, -0.25) is 4.79 Å². The third-order valence-corrected chi connectivity index (χ3v) is 6.59. The van der Waals surface area contributed by atoms with Gasteiger partial charge in [-0.25, -0.2) is 0 Å². The molecule has 1 amide bonds. The van der Waals surface area contributed by atoms with Crippen LogP contribution in [0.3, 0.4) is 0 Å². The number of halogens is 1. The highest BCUT2D eigenvalue weighted by molar-refractivity contribution is 7.12. The number of hydrogen-bond donors (Lipinski definition) is 0. The maximum Gasteiger partial charge on any atom is 0.272 e.